The molecular formula is C21H25ClN6. The number of halogens is 1. The largest absolute Gasteiger partial charge is 0.354 e. The second kappa shape index (κ2) is 9.48. The third kappa shape index (κ3) is 5.41. The lowest BCUT2D eigenvalue weighted by Gasteiger charge is -2.14. The van der Waals surface area contributed by atoms with Gasteiger partial charge in [-0.2, -0.15) is 4.98 Å². The number of nitrogens with one attached hydrogen (secondary N) is 2. The molecule has 0 atom stereocenters. The second-order valence-electron chi connectivity index (χ2n) is 6.84. The fraction of sp³-hybridized carbons (Fsp3) is 0.286. The standard InChI is InChI=1S/C21H25ClN6/c1-15-7-4-9-17(22)20(15)26-19-13-18(16-8-5-10-23-14-16)25-21(27-19)24-11-6-12-28(2)3/h4-5,7-10,13-14H,6,11-12H2,1-3H3,(H2,24,25,26,27). The summed E-state index contributed by atoms with van der Waals surface area (Å²) >= 11 is 6.37. The number of aryl methyl sites for hydroxylation is 1. The van der Waals surface area contributed by atoms with Gasteiger partial charge < -0.3 is 15.5 Å². The highest BCUT2D eigenvalue weighted by Crippen LogP contribution is 2.29. The summed E-state index contributed by atoms with van der Waals surface area (Å²) in [6.07, 6.45) is 4.54. The first-order valence-corrected chi connectivity index (χ1v) is 9.61. The van der Waals surface area contributed by atoms with Crippen LogP contribution in [0.25, 0.3) is 11.3 Å². The SMILES string of the molecule is Cc1cccc(Cl)c1Nc1cc(-c2cccnc2)nc(NCCCN(C)C)n1. The van der Waals surface area contributed by atoms with E-state index < -0.39 is 0 Å². The summed E-state index contributed by atoms with van der Waals surface area (Å²) in [6, 6.07) is 11.6. The van der Waals surface area contributed by atoms with Gasteiger partial charge >= 0.3 is 0 Å². The van der Waals surface area contributed by atoms with Gasteiger partial charge in [0.25, 0.3) is 0 Å². The summed E-state index contributed by atoms with van der Waals surface area (Å²) in [6.45, 7) is 3.80. The maximum absolute atomic E-state index is 6.37. The van der Waals surface area contributed by atoms with E-state index in [-0.39, 0.29) is 0 Å². The van der Waals surface area contributed by atoms with E-state index in [1.54, 1.807) is 12.4 Å². The van der Waals surface area contributed by atoms with Gasteiger partial charge in [0.1, 0.15) is 5.82 Å². The van der Waals surface area contributed by atoms with Gasteiger partial charge in [0.05, 0.1) is 16.4 Å². The molecule has 0 saturated carbocycles. The van der Waals surface area contributed by atoms with Crippen LogP contribution in [0.2, 0.25) is 5.02 Å². The van der Waals surface area contributed by atoms with Crippen LogP contribution in [-0.4, -0.2) is 47.0 Å². The lowest BCUT2D eigenvalue weighted by atomic mass is 10.2. The number of rotatable bonds is 8. The number of benzene rings is 1. The van der Waals surface area contributed by atoms with Crippen LogP contribution < -0.4 is 10.6 Å². The Morgan fingerprint density at radius 3 is 2.68 bits per heavy atom. The van der Waals surface area contributed by atoms with Crippen molar-refractivity contribution in [3.05, 3.63) is 59.4 Å². The molecule has 2 heterocycles. The molecule has 0 aliphatic carbocycles. The third-order valence-electron chi connectivity index (χ3n) is 4.22. The Hall–Kier alpha value is -2.70. The summed E-state index contributed by atoms with van der Waals surface area (Å²) < 4.78 is 0. The minimum Gasteiger partial charge on any atom is -0.354 e. The molecule has 146 valence electrons. The molecule has 6 nitrogen and oxygen atoms in total. The van der Waals surface area contributed by atoms with Crippen LogP contribution in [0.1, 0.15) is 12.0 Å². The maximum atomic E-state index is 6.37. The number of aromatic nitrogens is 3. The molecule has 0 radical (unpaired) electrons. The van der Waals surface area contributed by atoms with Gasteiger partial charge in [0, 0.05) is 30.6 Å². The van der Waals surface area contributed by atoms with E-state index in [2.05, 4.69) is 44.6 Å². The van der Waals surface area contributed by atoms with Gasteiger partial charge in [-0.3, -0.25) is 4.98 Å². The first-order valence-electron chi connectivity index (χ1n) is 9.23. The maximum Gasteiger partial charge on any atom is 0.225 e. The van der Waals surface area contributed by atoms with Crippen LogP contribution in [0.15, 0.2) is 48.8 Å². The van der Waals surface area contributed by atoms with E-state index in [0.717, 1.165) is 42.0 Å². The van der Waals surface area contributed by atoms with Crippen molar-refractivity contribution in [2.75, 3.05) is 37.8 Å². The van der Waals surface area contributed by atoms with Crippen molar-refractivity contribution in [1.82, 2.24) is 19.9 Å². The van der Waals surface area contributed by atoms with Crippen LogP contribution in [0.3, 0.4) is 0 Å². The molecular weight excluding hydrogens is 372 g/mol. The van der Waals surface area contributed by atoms with Crippen LogP contribution >= 0.6 is 11.6 Å². The molecule has 0 saturated heterocycles. The normalized spacial score (nSPS) is 10.9. The minimum atomic E-state index is 0.576. The molecule has 0 fully saturated rings. The predicted molar refractivity (Wildman–Crippen MR) is 116 cm³/mol. The molecule has 3 rings (SSSR count). The van der Waals surface area contributed by atoms with Gasteiger partial charge in [0.2, 0.25) is 5.95 Å². The van der Waals surface area contributed by atoms with Crippen molar-refractivity contribution in [2.45, 2.75) is 13.3 Å². The quantitative estimate of drug-likeness (QED) is 0.542. The highest BCUT2D eigenvalue weighted by atomic mass is 35.5. The molecule has 3 aromatic rings. The molecule has 0 aliphatic rings. The molecule has 1 aromatic carbocycles. The van der Waals surface area contributed by atoms with Crippen molar-refractivity contribution >= 4 is 29.1 Å². The summed E-state index contributed by atoms with van der Waals surface area (Å²) in [7, 11) is 4.13. The Kier molecular flexibility index (Phi) is 6.79. The number of hydrogen-bond acceptors (Lipinski definition) is 6. The van der Waals surface area contributed by atoms with Crippen LogP contribution in [-0.2, 0) is 0 Å². The zero-order valence-electron chi connectivity index (χ0n) is 16.4. The molecule has 0 unspecified atom stereocenters. The third-order valence-corrected chi connectivity index (χ3v) is 4.54. The monoisotopic (exact) mass is 396 g/mol. The highest BCUT2D eigenvalue weighted by molar-refractivity contribution is 6.33. The van der Waals surface area contributed by atoms with Crippen molar-refractivity contribution in [2.24, 2.45) is 0 Å². The van der Waals surface area contributed by atoms with Crippen LogP contribution in [0.5, 0.6) is 0 Å². The Balaban J connectivity index is 1.89. The zero-order chi connectivity index (χ0) is 19.9. The molecule has 0 spiro atoms. The fourth-order valence-corrected chi connectivity index (χ4v) is 3.04. The summed E-state index contributed by atoms with van der Waals surface area (Å²) in [5, 5.41) is 7.33. The van der Waals surface area contributed by atoms with E-state index in [9.17, 15) is 0 Å². The molecule has 0 bridgehead atoms. The van der Waals surface area contributed by atoms with Crippen molar-refractivity contribution in [1.29, 1.82) is 0 Å². The summed E-state index contributed by atoms with van der Waals surface area (Å²) in [5.41, 5.74) is 3.62. The highest BCUT2D eigenvalue weighted by Gasteiger charge is 2.10. The van der Waals surface area contributed by atoms with E-state index in [1.165, 1.54) is 0 Å². The van der Waals surface area contributed by atoms with Crippen LogP contribution in [0.4, 0.5) is 17.5 Å². The molecule has 28 heavy (non-hydrogen) atoms. The average molecular weight is 397 g/mol. The Morgan fingerprint density at radius 1 is 1.11 bits per heavy atom. The van der Waals surface area contributed by atoms with E-state index in [4.69, 9.17) is 11.6 Å². The smallest absolute Gasteiger partial charge is 0.225 e. The van der Waals surface area contributed by atoms with Crippen molar-refractivity contribution in [3.8, 4) is 11.3 Å². The second-order valence-corrected chi connectivity index (χ2v) is 7.25. The van der Waals surface area contributed by atoms with E-state index in [0.29, 0.717) is 16.8 Å². The molecule has 2 aromatic heterocycles. The Bertz CT molecular complexity index is 894. The number of pyridine rings is 1. The fourth-order valence-electron chi connectivity index (χ4n) is 2.77. The van der Waals surface area contributed by atoms with Gasteiger partial charge in [-0.1, -0.05) is 23.7 Å². The van der Waals surface area contributed by atoms with Gasteiger partial charge in [0.15, 0.2) is 0 Å². The Labute approximate surface area is 171 Å². The Morgan fingerprint density at radius 2 is 1.96 bits per heavy atom. The molecule has 2 N–H and O–H groups in total. The number of nitrogens with zero attached hydrogens (tertiary/aromatic N) is 4. The predicted octanol–water partition coefficient (Wildman–Crippen LogP) is 4.61. The van der Waals surface area contributed by atoms with Gasteiger partial charge in [-0.25, -0.2) is 4.98 Å². The summed E-state index contributed by atoms with van der Waals surface area (Å²) in [5.74, 6) is 1.26. The number of anilines is 3. The minimum absolute atomic E-state index is 0.576. The topological polar surface area (TPSA) is 66.0 Å². The lowest BCUT2D eigenvalue weighted by Crippen LogP contribution is -2.17. The number of para-hydroxylation sites is 1. The first-order chi connectivity index (χ1) is 13.5. The van der Waals surface area contributed by atoms with Gasteiger partial charge in [-0.15, -0.1) is 0 Å². The number of hydrogen-bond donors (Lipinski definition) is 2. The van der Waals surface area contributed by atoms with E-state index >= 15 is 0 Å². The van der Waals surface area contributed by atoms with Crippen molar-refractivity contribution < 1.29 is 0 Å². The van der Waals surface area contributed by atoms with Crippen molar-refractivity contribution in [3.63, 3.8) is 0 Å². The zero-order valence-corrected chi connectivity index (χ0v) is 17.2. The lowest BCUT2D eigenvalue weighted by molar-refractivity contribution is 0.405. The van der Waals surface area contributed by atoms with E-state index in [1.807, 2.05) is 43.3 Å². The molecule has 7 heteroatoms. The average Bonchev–Trinajstić information content (AvgIpc) is 2.69. The summed E-state index contributed by atoms with van der Waals surface area (Å²) in [4.78, 5) is 15.6. The van der Waals surface area contributed by atoms with Gasteiger partial charge in [-0.05, 0) is 57.7 Å². The molecule has 0 aliphatic heterocycles. The molecule has 0 amide bonds. The van der Waals surface area contributed by atoms with Crippen LogP contribution in [0, 0.1) is 6.92 Å². The first kappa shape index (κ1) is 20.0.